The topological polar surface area (TPSA) is 55.8 Å². The van der Waals surface area contributed by atoms with E-state index in [1.807, 2.05) is 61.5 Å². The Bertz CT molecular complexity index is 812. The maximum atomic E-state index is 12.5. The molecule has 0 fully saturated rings. The van der Waals surface area contributed by atoms with Gasteiger partial charge in [0.05, 0.1) is 13.7 Å². The van der Waals surface area contributed by atoms with Crippen molar-refractivity contribution < 1.29 is 19.1 Å². The van der Waals surface area contributed by atoms with E-state index < -0.39 is 18.1 Å². The van der Waals surface area contributed by atoms with E-state index in [2.05, 4.69) is 0 Å². The molecular weight excluding hydrogens is 330 g/mol. The van der Waals surface area contributed by atoms with Crippen LogP contribution in [-0.2, 0) is 20.9 Å². The summed E-state index contributed by atoms with van der Waals surface area (Å²) in [6.45, 7) is 2.47. The van der Waals surface area contributed by atoms with Crippen molar-refractivity contribution in [1.29, 1.82) is 0 Å². The number of esters is 1. The van der Waals surface area contributed by atoms with Crippen LogP contribution in [0.5, 0.6) is 0 Å². The highest BCUT2D eigenvalue weighted by molar-refractivity contribution is 5.90. The molecule has 2 aromatic carbocycles. The van der Waals surface area contributed by atoms with Crippen LogP contribution in [0, 0.1) is 6.92 Å². The second-order valence-electron chi connectivity index (χ2n) is 6.19. The lowest BCUT2D eigenvalue weighted by molar-refractivity contribution is -0.144. The van der Waals surface area contributed by atoms with Crippen molar-refractivity contribution in [3.8, 4) is 0 Å². The average Bonchev–Trinajstić information content (AvgIpc) is 3.12. The number of benzene rings is 2. The van der Waals surface area contributed by atoms with Gasteiger partial charge in [0.25, 0.3) is 0 Å². The minimum Gasteiger partial charge on any atom is -0.467 e. The van der Waals surface area contributed by atoms with Crippen molar-refractivity contribution in [3.05, 3.63) is 77.4 Å². The van der Waals surface area contributed by atoms with Crippen molar-refractivity contribution in [3.63, 3.8) is 0 Å². The van der Waals surface area contributed by atoms with Gasteiger partial charge in [-0.05, 0) is 29.7 Å². The van der Waals surface area contributed by atoms with Crippen molar-refractivity contribution in [2.75, 3.05) is 13.7 Å². The number of rotatable bonds is 4. The van der Waals surface area contributed by atoms with Crippen LogP contribution >= 0.6 is 0 Å². The van der Waals surface area contributed by atoms with Crippen LogP contribution in [0.25, 0.3) is 5.57 Å². The molecule has 0 N–H and O–H groups in total. The summed E-state index contributed by atoms with van der Waals surface area (Å²) >= 11 is 0. The molecule has 134 valence electrons. The van der Waals surface area contributed by atoms with E-state index >= 15 is 0 Å². The molecule has 5 heteroatoms. The summed E-state index contributed by atoms with van der Waals surface area (Å²) in [7, 11) is 1.31. The minimum absolute atomic E-state index is 0.157. The summed E-state index contributed by atoms with van der Waals surface area (Å²) in [5, 5.41) is 0. The molecule has 1 aliphatic heterocycles. The van der Waals surface area contributed by atoms with Crippen LogP contribution < -0.4 is 0 Å². The molecule has 3 rings (SSSR count). The Labute approximate surface area is 152 Å². The first-order chi connectivity index (χ1) is 12.6. The van der Waals surface area contributed by atoms with Crippen molar-refractivity contribution >= 4 is 17.6 Å². The molecule has 0 unspecified atom stereocenters. The van der Waals surface area contributed by atoms with Gasteiger partial charge in [0.2, 0.25) is 0 Å². The zero-order chi connectivity index (χ0) is 18.5. The van der Waals surface area contributed by atoms with Gasteiger partial charge < -0.3 is 9.47 Å². The smallest absolute Gasteiger partial charge is 0.411 e. The molecule has 5 nitrogen and oxygen atoms in total. The fourth-order valence-electron chi connectivity index (χ4n) is 2.87. The molecule has 1 atom stereocenters. The van der Waals surface area contributed by atoms with Gasteiger partial charge >= 0.3 is 12.1 Å². The first kappa shape index (κ1) is 17.7. The Balaban J connectivity index is 1.74. The lowest BCUT2D eigenvalue weighted by Crippen LogP contribution is -2.41. The standard InChI is InChI=1S/C21H21NO4/c1-15-8-10-17(11-9-15)18-12-19(20(23)25-2)22(13-18)21(24)26-14-16-6-4-3-5-7-16/h3-12,19H,13-14H2,1-2H3/t19-/m0/s1. The molecule has 0 spiro atoms. The molecule has 1 amide bonds. The summed E-state index contributed by atoms with van der Waals surface area (Å²) in [4.78, 5) is 26.1. The maximum absolute atomic E-state index is 12.5. The summed E-state index contributed by atoms with van der Waals surface area (Å²) < 4.78 is 10.2. The van der Waals surface area contributed by atoms with E-state index in [9.17, 15) is 9.59 Å². The SMILES string of the molecule is COC(=O)[C@@H]1C=C(c2ccc(C)cc2)CN1C(=O)OCc1ccccc1. The van der Waals surface area contributed by atoms with Crippen LogP contribution in [-0.4, -0.2) is 36.7 Å². The van der Waals surface area contributed by atoms with Gasteiger partial charge in [0, 0.05) is 0 Å². The van der Waals surface area contributed by atoms with E-state index in [1.54, 1.807) is 6.08 Å². The average molecular weight is 351 g/mol. The Hall–Kier alpha value is -3.08. The lowest BCUT2D eigenvalue weighted by Gasteiger charge is -2.22. The number of aryl methyl sites for hydroxylation is 1. The molecular formula is C21H21NO4. The van der Waals surface area contributed by atoms with E-state index in [1.165, 1.54) is 12.0 Å². The van der Waals surface area contributed by atoms with Gasteiger partial charge in [-0.15, -0.1) is 0 Å². The molecule has 0 bridgehead atoms. The van der Waals surface area contributed by atoms with Crippen LogP contribution in [0.2, 0.25) is 0 Å². The molecule has 0 aromatic heterocycles. The molecule has 1 heterocycles. The third-order valence-electron chi connectivity index (χ3n) is 4.34. The Morgan fingerprint density at radius 3 is 2.42 bits per heavy atom. The van der Waals surface area contributed by atoms with E-state index in [0.717, 1.165) is 22.3 Å². The van der Waals surface area contributed by atoms with Crippen LogP contribution in [0.1, 0.15) is 16.7 Å². The molecule has 26 heavy (non-hydrogen) atoms. The van der Waals surface area contributed by atoms with Gasteiger partial charge in [-0.2, -0.15) is 0 Å². The first-order valence-corrected chi connectivity index (χ1v) is 8.41. The predicted molar refractivity (Wildman–Crippen MR) is 98.3 cm³/mol. The minimum atomic E-state index is -0.778. The molecule has 0 aliphatic carbocycles. The van der Waals surface area contributed by atoms with Gasteiger partial charge in [-0.1, -0.05) is 60.2 Å². The van der Waals surface area contributed by atoms with Crippen LogP contribution in [0.3, 0.4) is 0 Å². The monoisotopic (exact) mass is 351 g/mol. The Kier molecular flexibility index (Phi) is 5.37. The van der Waals surface area contributed by atoms with Crippen molar-refractivity contribution in [2.24, 2.45) is 0 Å². The van der Waals surface area contributed by atoms with Crippen LogP contribution in [0.15, 0.2) is 60.7 Å². The molecule has 0 saturated heterocycles. The van der Waals surface area contributed by atoms with E-state index in [-0.39, 0.29) is 6.61 Å². The highest BCUT2D eigenvalue weighted by Gasteiger charge is 2.36. The van der Waals surface area contributed by atoms with E-state index in [0.29, 0.717) is 6.54 Å². The second kappa shape index (κ2) is 7.87. The Morgan fingerprint density at radius 1 is 1.08 bits per heavy atom. The molecule has 0 radical (unpaired) electrons. The highest BCUT2D eigenvalue weighted by atomic mass is 16.6. The normalized spacial score (nSPS) is 16.2. The number of carbonyl (C=O) groups excluding carboxylic acids is 2. The fraction of sp³-hybridized carbons (Fsp3) is 0.238. The second-order valence-corrected chi connectivity index (χ2v) is 6.19. The zero-order valence-corrected chi connectivity index (χ0v) is 14.8. The van der Waals surface area contributed by atoms with Gasteiger partial charge in [-0.3, -0.25) is 4.90 Å². The summed E-state index contributed by atoms with van der Waals surface area (Å²) in [6.07, 6.45) is 1.22. The molecule has 1 aliphatic rings. The van der Waals surface area contributed by atoms with Gasteiger partial charge in [0.1, 0.15) is 6.61 Å². The summed E-state index contributed by atoms with van der Waals surface area (Å²) in [5.74, 6) is -0.483. The quantitative estimate of drug-likeness (QED) is 0.790. The molecule has 2 aromatic rings. The van der Waals surface area contributed by atoms with Crippen LogP contribution in [0.4, 0.5) is 4.79 Å². The lowest BCUT2D eigenvalue weighted by atomic mass is 10.0. The Morgan fingerprint density at radius 2 is 1.77 bits per heavy atom. The molecule has 0 saturated carbocycles. The highest BCUT2D eigenvalue weighted by Crippen LogP contribution is 2.27. The van der Waals surface area contributed by atoms with Crippen molar-refractivity contribution in [1.82, 2.24) is 4.90 Å². The number of hydrogen-bond donors (Lipinski definition) is 0. The third kappa shape index (κ3) is 3.94. The maximum Gasteiger partial charge on any atom is 0.411 e. The largest absolute Gasteiger partial charge is 0.467 e. The number of amides is 1. The number of methoxy groups -OCH3 is 1. The third-order valence-corrected chi connectivity index (χ3v) is 4.34. The summed E-state index contributed by atoms with van der Waals surface area (Å²) in [6, 6.07) is 16.6. The number of carbonyl (C=O) groups is 2. The van der Waals surface area contributed by atoms with E-state index in [4.69, 9.17) is 9.47 Å². The van der Waals surface area contributed by atoms with Gasteiger partial charge in [0.15, 0.2) is 6.04 Å². The van der Waals surface area contributed by atoms with Crippen molar-refractivity contribution in [2.45, 2.75) is 19.6 Å². The first-order valence-electron chi connectivity index (χ1n) is 8.41. The number of hydrogen-bond acceptors (Lipinski definition) is 4. The zero-order valence-electron chi connectivity index (χ0n) is 14.8. The number of nitrogens with zero attached hydrogens (tertiary/aromatic N) is 1. The van der Waals surface area contributed by atoms with Gasteiger partial charge in [-0.25, -0.2) is 9.59 Å². The predicted octanol–water partition coefficient (Wildman–Crippen LogP) is 3.57. The summed E-state index contributed by atoms with van der Waals surface area (Å²) in [5.41, 5.74) is 3.91. The fourth-order valence-corrected chi connectivity index (χ4v) is 2.87. The number of ether oxygens (including phenoxy) is 2.